The normalized spacial score (nSPS) is 13.3. The predicted octanol–water partition coefficient (Wildman–Crippen LogP) is 0.0867. The Balaban J connectivity index is 4.24. The van der Waals surface area contributed by atoms with E-state index in [2.05, 4.69) is 4.72 Å². The third-order valence-corrected chi connectivity index (χ3v) is 3.17. The molecule has 0 radical (unpaired) electrons. The highest BCUT2D eigenvalue weighted by molar-refractivity contribution is 7.89. The summed E-state index contributed by atoms with van der Waals surface area (Å²) in [5.41, 5.74) is -0.552. The molecule has 0 aliphatic rings. The molecule has 0 saturated carbocycles. The summed E-state index contributed by atoms with van der Waals surface area (Å²) in [6, 6.07) is 0. The van der Waals surface area contributed by atoms with Crippen LogP contribution in [0.15, 0.2) is 0 Å². The molecule has 0 unspecified atom stereocenters. The van der Waals surface area contributed by atoms with Crippen molar-refractivity contribution in [1.29, 1.82) is 0 Å². The van der Waals surface area contributed by atoms with E-state index in [0.717, 1.165) is 0 Å². The Labute approximate surface area is 74.0 Å². The molecule has 0 spiro atoms. The molecular formula is C7H17NO3S. The largest absolute Gasteiger partial charge is 0.396 e. The van der Waals surface area contributed by atoms with Gasteiger partial charge in [0, 0.05) is 12.1 Å². The summed E-state index contributed by atoms with van der Waals surface area (Å²) in [5.74, 6) is 0.0713. The van der Waals surface area contributed by atoms with Gasteiger partial charge in [-0.25, -0.2) is 13.1 Å². The summed E-state index contributed by atoms with van der Waals surface area (Å²) in [6.45, 7) is 5.06. The summed E-state index contributed by atoms with van der Waals surface area (Å²) in [6.07, 6.45) is 0.423. The van der Waals surface area contributed by atoms with Crippen molar-refractivity contribution in [2.24, 2.45) is 0 Å². The molecule has 12 heavy (non-hydrogen) atoms. The highest BCUT2D eigenvalue weighted by Crippen LogP contribution is 2.08. The van der Waals surface area contributed by atoms with Crippen molar-refractivity contribution in [3.8, 4) is 0 Å². The zero-order chi connectivity index (χ0) is 9.83. The van der Waals surface area contributed by atoms with Gasteiger partial charge in [0.25, 0.3) is 0 Å². The molecule has 2 N–H and O–H groups in total. The topological polar surface area (TPSA) is 66.4 Å². The second kappa shape index (κ2) is 4.20. The fourth-order valence-corrected chi connectivity index (χ4v) is 1.91. The first-order valence-electron chi connectivity index (χ1n) is 3.95. The smallest absolute Gasteiger partial charge is 0.211 e. The molecule has 0 aromatic rings. The minimum Gasteiger partial charge on any atom is -0.396 e. The Kier molecular flexibility index (Phi) is 4.16. The van der Waals surface area contributed by atoms with E-state index in [1.165, 1.54) is 0 Å². The maximum Gasteiger partial charge on any atom is 0.211 e. The van der Waals surface area contributed by atoms with Crippen LogP contribution in [0.25, 0.3) is 0 Å². The summed E-state index contributed by atoms with van der Waals surface area (Å²) >= 11 is 0. The van der Waals surface area contributed by atoms with Gasteiger partial charge in [0.2, 0.25) is 10.0 Å². The molecule has 0 atom stereocenters. The van der Waals surface area contributed by atoms with Gasteiger partial charge in [-0.1, -0.05) is 0 Å². The van der Waals surface area contributed by atoms with E-state index in [4.69, 9.17) is 5.11 Å². The van der Waals surface area contributed by atoms with Crippen molar-refractivity contribution in [3.63, 3.8) is 0 Å². The van der Waals surface area contributed by atoms with Crippen LogP contribution >= 0.6 is 0 Å². The Morgan fingerprint density at radius 1 is 1.42 bits per heavy atom. The van der Waals surface area contributed by atoms with Crippen molar-refractivity contribution < 1.29 is 13.5 Å². The number of hydrogen-bond acceptors (Lipinski definition) is 3. The van der Waals surface area contributed by atoms with Gasteiger partial charge in [0.1, 0.15) is 0 Å². The molecule has 0 aliphatic heterocycles. The van der Waals surface area contributed by atoms with Crippen LogP contribution in [-0.4, -0.2) is 31.4 Å². The van der Waals surface area contributed by atoms with Gasteiger partial charge in [-0.15, -0.1) is 0 Å². The van der Waals surface area contributed by atoms with Crippen LogP contribution in [0, 0.1) is 0 Å². The van der Waals surface area contributed by atoms with Crippen LogP contribution < -0.4 is 4.72 Å². The third kappa shape index (κ3) is 4.69. The summed E-state index contributed by atoms with van der Waals surface area (Å²) in [5, 5.41) is 8.64. The molecule has 74 valence electrons. The number of hydrogen-bond donors (Lipinski definition) is 2. The fourth-order valence-electron chi connectivity index (χ4n) is 0.824. The molecule has 0 fully saturated rings. The lowest BCUT2D eigenvalue weighted by molar-refractivity contribution is 0.246. The monoisotopic (exact) mass is 195 g/mol. The molecule has 0 bridgehead atoms. The van der Waals surface area contributed by atoms with Crippen molar-refractivity contribution in [2.45, 2.75) is 32.7 Å². The summed E-state index contributed by atoms with van der Waals surface area (Å²) < 4.78 is 24.7. The van der Waals surface area contributed by atoms with Crippen LogP contribution in [-0.2, 0) is 10.0 Å². The minimum atomic E-state index is -3.16. The maximum atomic E-state index is 11.1. The predicted molar refractivity (Wildman–Crippen MR) is 48.4 cm³/mol. The molecule has 0 aromatic heterocycles. The molecule has 0 amide bonds. The number of nitrogens with one attached hydrogen (secondary N) is 1. The van der Waals surface area contributed by atoms with Crippen LogP contribution in [0.2, 0.25) is 0 Å². The quantitative estimate of drug-likeness (QED) is 0.653. The molecule has 5 heteroatoms. The van der Waals surface area contributed by atoms with E-state index in [1.54, 1.807) is 20.8 Å². The summed E-state index contributed by atoms with van der Waals surface area (Å²) in [7, 11) is -3.16. The first-order valence-corrected chi connectivity index (χ1v) is 5.61. The van der Waals surface area contributed by atoms with Crippen LogP contribution in [0.4, 0.5) is 0 Å². The Hall–Kier alpha value is -0.130. The van der Waals surface area contributed by atoms with Crippen LogP contribution in [0.1, 0.15) is 27.2 Å². The Morgan fingerprint density at radius 2 is 1.92 bits per heavy atom. The van der Waals surface area contributed by atoms with Crippen LogP contribution in [0.3, 0.4) is 0 Å². The second-order valence-electron chi connectivity index (χ2n) is 3.36. The molecule has 0 rings (SSSR count). The molecule has 0 saturated heterocycles. The fraction of sp³-hybridized carbons (Fsp3) is 1.00. The van der Waals surface area contributed by atoms with Gasteiger partial charge in [-0.05, 0) is 27.2 Å². The number of aliphatic hydroxyl groups is 1. The van der Waals surface area contributed by atoms with E-state index < -0.39 is 15.6 Å². The lowest BCUT2D eigenvalue weighted by Crippen LogP contribution is -2.44. The van der Waals surface area contributed by atoms with Crippen molar-refractivity contribution >= 4 is 10.0 Å². The maximum absolute atomic E-state index is 11.1. The average molecular weight is 195 g/mol. The minimum absolute atomic E-state index is 0.0146. The van der Waals surface area contributed by atoms with Crippen molar-refractivity contribution in [2.75, 3.05) is 12.4 Å². The van der Waals surface area contributed by atoms with Crippen molar-refractivity contribution in [3.05, 3.63) is 0 Å². The zero-order valence-electron chi connectivity index (χ0n) is 7.79. The van der Waals surface area contributed by atoms with E-state index >= 15 is 0 Å². The first kappa shape index (κ1) is 11.9. The Bertz CT molecular complexity index is 221. The van der Waals surface area contributed by atoms with Gasteiger partial charge >= 0.3 is 0 Å². The third-order valence-electron chi connectivity index (χ3n) is 1.55. The SMILES string of the molecule is CCS(=O)(=O)NC(C)(C)CCO. The number of sulfonamides is 1. The van der Waals surface area contributed by atoms with E-state index in [9.17, 15) is 8.42 Å². The average Bonchev–Trinajstić information content (AvgIpc) is 1.85. The standard InChI is InChI=1S/C7H17NO3S/c1-4-12(10,11)8-7(2,3)5-6-9/h8-9H,4-6H2,1-3H3. The van der Waals surface area contributed by atoms with Gasteiger partial charge in [0.05, 0.1) is 5.75 Å². The van der Waals surface area contributed by atoms with E-state index in [1.807, 2.05) is 0 Å². The zero-order valence-corrected chi connectivity index (χ0v) is 8.61. The highest BCUT2D eigenvalue weighted by atomic mass is 32.2. The lowest BCUT2D eigenvalue weighted by atomic mass is 10.0. The Morgan fingerprint density at radius 3 is 2.25 bits per heavy atom. The first-order chi connectivity index (χ1) is 5.33. The lowest BCUT2D eigenvalue weighted by Gasteiger charge is -2.24. The van der Waals surface area contributed by atoms with Crippen LogP contribution in [0.5, 0.6) is 0 Å². The molecule has 0 aromatic carbocycles. The van der Waals surface area contributed by atoms with E-state index in [0.29, 0.717) is 6.42 Å². The summed E-state index contributed by atoms with van der Waals surface area (Å²) in [4.78, 5) is 0. The molecule has 0 aliphatic carbocycles. The molecule has 0 heterocycles. The molecule has 4 nitrogen and oxygen atoms in total. The number of aliphatic hydroxyl groups excluding tert-OH is 1. The highest BCUT2D eigenvalue weighted by Gasteiger charge is 2.22. The number of rotatable bonds is 5. The van der Waals surface area contributed by atoms with Gasteiger partial charge in [-0.3, -0.25) is 0 Å². The van der Waals surface area contributed by atoms with Gasteiger partial charge < -0.3 is 5.11 Å². The van der Waals surface area contributed by atoms with Gasteiger partial charge in [0.15, 0.2) is 0 Å². The molecular weight excluding hydrogens is 178 g/mol. The second-order valence-corrected chi connectivity index (χ2v) is 5.37. The van der Waals surface area contributed by atoms with Crippen molar-refractivity contribution in [1.82, 2.24) is 4.72 Å². The van der Waals surface area contributed by atoms with Gasteiger partial charge in [-0.2, -0.15) is 0 Å². The van der Waals surface area contributed by atoms with E-state index in [-0.39, 0.29) is 12.4 Å².